The van der Waals surface area contributed by atoms with E-state index in [2.05, 4.69) is 25.8 Å². The summed E-state index contributed by atoms with van der Waals surface area (Å²) in [5, 5.41) is 18.9. The molecular formula is C28H25N5O9S2. The van der Waals surface area contributed by atoms with E-state index in [1.165, 1.54) is 68.8 Å². The molecule has 0 saturated heterocycles. The molecule has 0 aliphatic carbocycles. The van der Waals surface area contributed by atoms with Gasteiger partial charge >= 0.3 is 0 Å². The second kappa shape index (κ2) is 13.5. The molecule has 0 aliphatic heterocycles. The first kappa shape index (κ1) is 31.9. The van der Waals surface area contributed by atoms with Crippen LogP contribution in [0.3, 0.4) is 0 Å². The summed E-state index contributed by atoms with van der Waals surface area (Å²) in [5.41, 5.74) is 2.04. The molecule has 0 radical (unpaired) electrons. The smallest absolute Gasteiger partial charge is 0.294 e. The fourth-order valence-electron chi connectivity index (χ4n) is 3.80. The number of carbonyl (C=O) groups is 1. The van der Waals surface area contributed by atoms with Gasteiger partial charge in [0.1, 0.15) is 11.5 Å². The van der Waals surface area contributed by atoms with E-state index in [1.807, 2.05) is 0 Å². The zero-order valence-corrected chi connectivity index (χ0v) is 24.8. The highest BCUT2D eigenvalue weighted by atomic mass is 32.2. The quantitative estimate of drug-likeness (QED) is 0.126. The Hall–Kier alpha value is -5.03. The molecule has 1 amide bonds. The van der Waals surface area contributed by atoms with E-state index in [4.69, 9.17) is 9.47 Å². The third-order valence-corrected chi connectivity index (χ3v) is 7.57. The highest BCUT2D eigenvalue weighted by Gasteiger charge is 2.14. The van der Waals surface area contributed by atoms with Crippen LogP contribution in [0, 0.1) is 0 Å². The van der Waals surface area contributed by atoms with Gasteiger partial charge in [-0.05, 0) is 54.6 Å². The Morgan fingerprint density at radius 2 is 1.11 bits per heavy atom. The number of benzene rings is 4. The maximum absolute atomic E-state index is 12.9. The third-order valence-electron chi connectivity index (χ3n) is 5.87. The monoisotopic (exact) mass is 639 g/mol. The summed E-state index contributed by atoms with van der Waals surface area (Å²) in [7, 11) is -5.92. The lowest BCUT2D eigenvalue weighted by atomic mass is 10.1. The largest absolute Gasteiger partial charge is 0.496 e. The van der Waals surface area contributed by atoms with Gasteiger partial charge in [0.05, 0.1) is 58.9 Å². The number of amides is 1. The Labute approximate surface area is 252 Å². The van der Waals surface area contributed by atoms with Gasteiger partial charge < -0.3 is 14.8 Å². The third kappa shape index (κ3) is 8.51. The van der Waals surface area contributed by atoms with E-state index in [0.29, 0.717) is 34.1 Å². The molecule has 0 heterocycles. The number of anilines is 1. The Balaban J connectivity index is 1.44. The van der Waals surface area contributed by atoms with Crippen LogP contribution in [0.1, 0.15) is 5.56 Å². The first-order valence-corrected chi connectivity index (χ1v) is 15.4. The molecule has 4 aromatic rings. The summed E-state index contributed by atoms with van der Waals surface area (Å²) < 4.78 is 74.6. The van der Waals surface area contributed by atoms with Crippen molar-refractivity contribution >= 4 is 54.6 Å². The molecule has 0 fully saturated rings. The predicted octanol–water partition coefficient (Wildman–Crippen LogP) is 6.21. The summed E-state index contributed by atoms with van der Waals surface area (Å²) in [6, 6.07) is 20.1. The maximum Gasteiger partial charge on any atom is 0.294 e. The van der Waals surface area contributed by atoms with Gasteiger partial charge in [-0.3, -0.25) is 13.9 Å². The minimum atomic E-state index is -4.39. The number of rotatable bonds is 11. The number of ether oxygens (including phenoxy) is 2. The van der Waals surface area contributed by atoms with Crippen molar-refractivity contribution in [2.45, 2.75) is 16.2 Å². The van der Waals surface area contributed by atoms with Gasteiger partial charge in [0, 0.05) is 17.7 Å². The Morgan fingerprint density at radius 3 is 1.59 bits per heavy atom. The topological polar surface area (TPSA) is 206 Å². The van der Waals surface area contributed by atoms with E-state index in [0.717, 1.165) is 0 Å². The lowest BCUT2D eigenvalue weighted by molar-refractivity contribution is -0.115. The van der Waals surface area contributed by atoms with Gasteiger partial charge in [-0.15, -0.1) is 0 Å². The number of azo groups is 2. The molecule has 0 aliphatic rings. The van der Waals surface area contributed by atoms with Gasteiger partial charge in [0.15, 0.2) is 0 Å². The minimum absolute atomic E-state index is 0.0638. The van der Waals surface area contributed by atoms with Crippen LogP contribution >= 0.6 is 0 Å². The number of hydrogen-bond donors (Lipinski definition) is 3. The molecule has 44 heavy (non-hydrogen) atoms. The molecule has 4 rings (SSSR count). The zero-order valence-electron chi connectivity index (χ0n) is 23.1. The van der Waals surface area contributed by atoms with Gasteiger partial charge in [-0.1, -0.05) is 18.2 Å². The van der Waals surface area contributed by atoms with E-state index in [9.17, 15) is 30.7 Å². The molecule has 0 saturated carbocycles. The summed E-state index contributed by atoms with van der Waals surface area (Å²) in [6.45, 7) is 0. The number of nitrogens with one attached hydrogen (secondary N) is 1. The Kier molecular flexibility index (Phi) is 9.80. The molecule has 0 bridgehead atoms. The average molecular weight is 640 g/mol. The normalized spacial score (nSPS) is 12.0. The Bertz CT molecular complexity index is 1840. The molecule has 0 spiro atoms. The van der Waals surface area contributed by atoms with E-state index < -0.39 is 20.2 Å². The van der Waals surface area contributed by atoms with Crippen LogP contribution in [0.2, 0.25) is 0 Å². The SMILES string of the molecule is COc1cc(N=Nc2cccc(S(=O)(=O)O)c2)ccc1CC(=O)Nc1ccc(N=Nc2cccc(S(=O)(=O)O)c2)cc1OC. The lowest BCUT2D eigenvalue weighted by Gasteiger charge is -2.12. The molecule has 4 aromatic carbocycles. The number of methoxy groups -OCH3 is 2. The zero-order chi connectivity index (χ0) is 31.9. The summed E-state index contributed by atoms with van der Waals surface area (Å²) in [6.07, 6.45) is -0.0638. The lowest BCUT2D eigenvalue weighted by Crippen LogP contribution is -2.15. The van der Waals surface area contributed by atoms with Crippen LogP contribution in [-0.4, -0.2) is 46.1 Å². The van der Waals surface area contributed by atoms with Crippen LogP contribution in [0.5, 0.6) is 11.5 Å². The highest BCUT2D eigenvalue weighted by molar-refractivity contribution is 7.86. The molecule has 3 N–H and O–H groups in total. The predicted molar refractivity (Wildman–Crippen MR) is 159 cm³/mol. The van der Waals surface area contributed by atoms with Gasteiger partial charge in [0.2, 0.25) is 5.91 Å². The van der Waals surface area contributed by atoms with Crippen molar-refractivity contribution in [1.82, 2.24) is 0 Å². The van der Waals surface area contributed by atoms with Gasteiger partial charge in [-0.2, -0.15) is 37.3 Å². The van der Waals surface area contributed by atoms with Crippen molar-refractivity contribution in [3.05, 3.63) is 90.5 Å². The number of nitrogens with zero attached hydrogens (tertiary/aromatic N) is 4. The number of hydrogen-bond acceptors (Lipinski definition) is 11. The van der Waals surface area contributed by atoms with Crippen molar-refractivity contribution in [2.75, 3.05) is 19.5 Å². The first-order chi connectivity index (χ1) is 20.9. The van der Waals surface area contributed by atoms with E-state index in [1.54, 1.807) is 30.3 Å². The molecule has 0 atom stereocenters. The minimum Gasteiger partial charge on any atom is -0.496 e. The summed E-state index contributed by atoms with van der Waals surface area (Å²) >= 11 is 0. The summed E-state index contributed by atoms with van der Waals surface area (Å²) in [4.78, 5) is 12.3. The average Bonchev–Trinajstić information content (AvgIpc) is 2.99. The first-order valence-electron chi connectivity index (χ1n) is 12.5. The van der Waals surface area contributed by atoms with Crippen LogP contribution in [-0.2, 0) is 31.5 Å². The van der Waals surface area contributed by atoms with Crippen molar-refractivity contribution in [3.63, 3.8) is 0 Å². The molecule has 228 valence electrons. The van der Waals surface area contributed by atoms with E-state index in [-0.39, 0.29) is 33.5 Å². The number of carbonyl (C=O) groups excluding carboxylic acids is 1. The second-order valence-electron chi connectivity index (χ2n) is 8.95. The fraction of sp³-hybridized carbons (Fsp3) is 0.107. The van der Waals surface area contributed by atoms with Crippen LogP contribution in [0.4, 0.5) is 28.4 Å². The highest BCUT2D eigenvalue weighted by Crippen LogP contribution is 2.32. The molecular weight excluding hydrogens is 614 g/mol. The summed E-state index contributed by atoms with van der Waals surface area (Å²) in [5.74, 6) is 0.278. The van der Waals surface area contributed by atoms with Crippen LogP contribution in [0.15, 0.2) is 115 Å². The van der Waals surface area contributed by atoms with Crippen LogP contribution in [0.25, 0.3) is 0 Å². The molecule has 0 unspecified atom stereocenters. The standard InChI is InChI=1S/C28H25N5O9S2/c1-41-26-16-21(32-30-19-5-3-7-23(14-19)43(35,36)37)10-9-18(26)13-28(34)29-25-12-11-22(17-27(25)42-2)33-31-20-6-4-8-24(15-20)44(38,39)40/h3-12,14-17H,13H2,1-2H3,(H,29,34)(H,35,36,37)(H,38,39,40). The van der Waals surface area contributed by atoms with Crippen LogP contribution < -0.4 is 14.8 Å². The van der Waals surface area contributed by atoms with Gasteiger partial charge in [-0.25, -0.2) is 0 Å². The second-order valence-corrected chi connectivity index (χ2v) is 11.8. The van der Waals surface area contributed by atoms with Crippen molar-refractivity contribution in [3.8, 4) is 11.5 Å². The molecule has 0 aromatic heterocycles. The molecule has 14 nitrogen and oxygen atoms in total. The van der Waals surface area contributed by atoms with Crippen molar-refractivity contribution < 1.29 is 40.2 Å². The molecule has 16 heteroatoms. The maximum atomic E-state index is 12.9. The van der Waals surface area contributed by atoms with Crippen molar-refractivity contribution in [1.29, 1.82) is 0 Å². The Morgan fingerprint density at radius 1 is 0.659 bits per heavy atom. The van der Waals surface area contributed by atoms with E-state index >= 15 is 0 Å². The van der Waals surface area contributed by atoms with Gasteiger partial charge in [0.25, 0.3) is 20.2 Å². The fourth-order valence-corrected chi connectivity index (χ4v) is 4.84. The van der Waals surface area contributed by atoms with Crippen molar-refractivity contribution in [2.24, 2.45) is 20.5 Å².